The zero-order valence-electron chi connectivity index (χ0n) is 9.53. The van der Waals surface area contributed by atoms with Crippen molar-refractivity contribution in [2.45, 2.75) is 20.8 Å². The summed E-state index contributed by atoms with van der Waals surface area (Å²) in [6, 6.07) is 0. The van der Waals surface area contributed by atoms with E-state index in [9.17, 15) is 9.59 Å². The van der Waals surface area contributed by atoms with Crippen molar-refractivity contribution in [2.75, 3.05) is 13.2 Å². The van der Waals surface area contributed by atoms with Gasteiger partial charge in [0.05, 0.1) is 12.2 Å². The predicted octanol–water partition coefficient (Wildman–Crippen LogP) is 1.63. The minimum Gasteiger partial charge on any atom is -0.463 e. The maximum Gasteiger partial charge on any atom is 0.514 e. The van der Waals surface area contributed by atoms with Crippen molar-refractivity contribution in [1.29, 1.82) is 0 Å². The molecule has 0 amide bonds. The first-order chi connectivity index (χ1) is 7.52. The number of carbonyl (C=O) groups is 2. The number of hydrogen-bond donors (Lipinski definition) is 0. The molecule has 0 aliphatic carbocycles. The molecule has 5 heteroatoms. The lowest BCUT2D eigenvalue weighted by atomic mass is 10.3. The van der Waals surface area contributed by atoms with Crippen molar-refractivity contribution in [3.8, 4) is 12.3 Å². The van der Waals surface area contributed by atoms with E-state index < -0.39 is 12.1 Å². The molecule has 16 heavy (non-hydrogen) atoms. The lowest BCUT2D eigenvalue weighted by molar-refractivity contribution is -0.138. The van der Waals surface area contributed by atoms with E-state index in [0.29, 0.717) is 0 Å². The van der Waals surface area contributed by atoms with E-state index in [2.05, 4.69) is 10.7 Å². The molecular formula is C11H14O5. The van der Waals surface area contributed by atoms with E-state index in [4.69, 9.17) is 15.9 Å². The van der Waals surface area contributed by atoms with Gasteiger partial charge in [-0.1, -0.05) is 5.92 Å². The molecule has 0 fully saturated rings. The third-order valence-electron chi connectivity index (χ3n) is 1.62. The van der Waals surface area contributed by atoms with Crippen molar-refractivity contribution in [1.82, 2.24) is 0 Å². The molecule has 0 bridgehead atoms. The van der Waals surface area contributed by atoms with E-state index >= 15 is 0 Å². The molecule has 0 radical (unpaired) electrons. The smallest absolute Gasteiger partial charge is 0.463 e. The third kappa shape index (κ3) is 5.05. The van der Waals surface area contributed by atoms with Gasteiger partial charge in [0.15, 0.2) is 6.61 Å². The second-order valence-corrected chi connectivity index (χ2v) is 2.75. The van der Waals surface area contributed by atoms with E-state index in [1.54, 1.807) is 6.92 Å². The number of ether oxygens (including phenoxy) is 3. The van der Waals surface area contributed by atoms with Crippen LogP contribution >= 0.6 is 0 Å². The largest absolute Gasteiger partial charge is 0.514 e. The molecule has 0 aliphatic rings. The number of hydrogen-bond acceptors (Lipinski definition) is 5. The Bertz CT molecular complexity index is 335. The fraction of sp³-hybridized carbons (Fsp3) is 0.455. The van der Waals surface area contributed by atoms with Crippen LogP contribution in [0.25, 0.3) is 0 Å². The molecule has 88 valence electrons. The summed E-state index contributed by atoms with van der Waals surface area (Å²) >= 11 is 0. The molecule has 0 heterocycles. The van der Waals surface area contributed by atoms with Crippen molar-refractivity contribution in [3.05, 3.63) is 11.3 Å². The zero-order valence-corrected chi connectivity index (χ0v) is 9.53. The van der Waals surface area contributed by atoms with Gasteiger partial charge >= 0.3 is 12.1 Å². The van der Waals surface area contributed by atoms with Crippen LogP contribution in [-0.2, 0) is 19.0 Å². The maximum absolute atomic E-state index is 11.2. The second-order valence-electron chi connectivity index (χ2n) is 2.75. The highest BCUT2D eigenvalue weighted by molar-refractivity contribution is 5.88. The number of rotatable bonds is 4. The van der Waals surface area contributed by atoms with Gasteiger partial charge < -0.3 is 14.2 Å². The first-order valence-electron chi connectivity index (χ1n) is 4.65. The van der Waals surface area contributed by atoms with E-state index in [-0.39, 0.29) is 24.5 Å². The van der Waals surface area contributed by atoms with Crippen molar-refractivity contribution >= 4 is 12.1 Å². The Morgan fingerprint density at radius 3 is 2.38 bits per heavy atom. The minimum atomic E-state index is -0.945. The van der Waals surface area contributed by atoms with Crippen molar-refractivity contribution < 1.29 is 23.8 Å². The molecule has 0 aromatic heterocycles. The van der Waals surface area contributed by atoms with Crippen LogP contribution in [0.1, 0.15) is 20.8 Å². The van der Waals surface area contributed by atoms with Gasteiger partial charge in [0.25, 0.3) is 0 Å². The van der Waals surface area contributed by atoms with Crippen LogP contribution in [0.4, 0.5) is 4.79 Å². The molecule has 0 atom stereocenters. The van der Waals surface area contributed by atoms with Crippen LogP contribution < -0.4 is 0 Å². The van der Waals surface area contributed by atoms with Gasteiger partial charge in [-0.3, -0.25) is 0 Å². The van der Waals surface area contributed by atoms with Crippen LogP contribution in [0.3, 0.4) is 0 Å². The van der Waals surface area contributed by atoms with Crippen LogP contribution in [0.5, 0.6) is 0 Å². The summed E-state index contributed by atoms with van der Waals surface area (Å²) < 4.78 is 13.9. The second kappa shape index (κ2) is 7.35. The maximum atomic E-state index is 11.2. The van der Waals surface area contributed by atoms with E-state index in [1.807, 2.05) is 0 Å². The normalized spacial score (nSPS) is 10.9. The third-order valence-corrected chi connectivity index (χ3v) is 1.62. The van der Waals surface area contributed by atoms with Gasteiger partial charge in [0, 0.05) is 0 Å². The molecule has 0 aliphatic heterocycles. The Morgan fingerprint density at radius 2 is 1.88 bits per heavy atom. The number of terminal acetylenes is 1. The summed E-state index contributed by atoms with van der Waals surface area (Å²) in [5, 5.41) is 0. The Kier molecular flexibility index (Phi) is 6.45. The van der Waals surface area contributed by atoms with Gasteiger partial charge in [0.1, 0.15) is 5.76 Å². The highest BCUT2D eigenvalue weighted by Crippen LogP contribution is 2.08. The van der Waals surface area contributed by atoms with Crippen molar-refractivity contribution in [2.24, 2.45) is 0 Å². The average Bonchev–Trinajstić information content (AvgIpc) is 2.25. The topological polar surface area (TPSA) is 61.8 Å². The molecular weight excluding hydrogens is 212 g/mol. The van der Waals surface area contributed by atoms with E-state index in [1.165, 1.54) is 13.8 Å². The Hall–Kier alpha value is -1.96. The predicted molar refractivity (Wildman–Crippen MR) is 56.3 cm³/mol. The number of esters is 1. The zero-order chi connectivity index (χ0) is 12.6. The summed E-state index contributed by atoms with van der Waals surface area (Å²) in [6.07, 6.45) is 3.94. The van der Waals surface area contributed by atoms with Gasteiger partial charge in [-0.15, -0.1) is 6.42 Å². The number of allylic oxidation sites excluding steroid dienone is 1. The summed E-state index contributed by atoms with van der Waals surface area (Å²) in [5.41, 5.74) is 0.208. The first kappa shape index (κ1) is 14.0. The monoisotopic (exact) mass is 226 g/mol. The van der Waals surface area contributed by atoms with Gasteiger partial charge in [-0.05, 0) is 20.8 Å². The molecule has 0 spiro atoms. The molecule has 5 nitrogen and oxygen atoms in total. The SMILES string of the molecule is C#CCOC(=O)O/C(C)=C(\C)C(=O)OCC. The molecule has 0 saturated carbocycles. The summed E-state index contributed by atoms with van der Waals surface area (Å²) in [7, 11) is 0. The Morgan fingerprint density at radius 1 is 1.25 bits per heavy atom. The highest BCUT2D eigenvalue weighted by atomic mass is 16.7. The fourth-order valence-electron chi connectivity index (χ4n) is 0.715. The quantitative estimate of drug-likeness (QED) is 0.315. The lowest BCUT2D eigenvalue weighted by Gasteiger charge is -2.07. The molecule has 0 saturated heterocycles. The Labute approximate surface area is 94.4 Å². The summed E-state index contributed by atoms with van der Waals surface area (Å²) in [6.45, 7) is 4.71. The molecule has 0 aromatic rings. The lowest BCUT2D eigenvalue weighted by Crippen LogP contribution is -2.12. The van der Waals surface area contributed by atoms with Gasteiger partial charge in [-0.25, -0.2) is 9.59 Å². The fourth-order valence-corrected chi connectivity index (χ4v) is 0.715. The first-order valence-corrected chi connectivity index (χ1v) is 4.65. The number of carbonyl (C=O) groups excluding carboxylic acids is 2. The van der Waals surface area contributed by atoms with Crippen LogP contribution in [-0.4, -0.2) is 25.3 Å². The standard InChI is InChI=1S/C11H14O5/c1-5-7-15-11(13)16-9(4)8(3)10(12)14-6-2/h1H,6-7H2,2-4H3/b9-8+. The minimum absolute atomic E-state index is 0.125. The van der Waals surface area contributed by atoms with Crippen molar-refractivity contribution in [3.63, 3.8) is 0 Å². The average molecular weight is 226 g/mol. The highest BCUT2D eigenvalue weighted by Gasteiger charge is 2.13. The van der Waals surface area contributed by atoms with Crippen LogP contribution in [0.2, 0.25) is 0 Å². The summed E-state index contributed by atoms with van der Waals surface area (Å²) in [4.78, 5) is 22.2. The molecule has 0 rings (SSSR count). The van der Waals surface area contributed by atoms with Crippen LogP contribution in [0.15, 0.2) is 11.3 Å². The molecule has 0 unspecified atom stereocenters. The summed E-state index contributed by atoms with van der Waals surface area (Å²) in [5.74, 6) is 1.70. The molecule has 0 N–H and O–H groups in total. The molecule has 0 aromatic carbocycles. The van der Waals surface area contributed by atoms with Gasteiger partial charge in [0.2, 0.25) is 0 Å². The van der Waals surface area contributed by atoms with Gasteiger partial charge in [-0.2, -0.15) is 0 Å². The van der Waals surface area contributed by atoms with Crippen LogP contribution in [0, 0.1) is 12.3 Å². The Balaban J connectivity index is 4.36. The van der Waals surface area contributed by atoms with E-state index in [0.717, 1.165) is 0 Å².